The quantitative estimate of drug-likeness (QED) is 0.894. The molecule has 1 aromatic heterocycles. The molecule has 5 nitrogen and oxygen atoms in total. The van der Waals surface area contributed by atoms with Crippen LogP contribution in [0.1, 0.15) is 15.9 Å². The number of nitrogens with one attached hydrogen (secondary N) is 1. The van der Waals surface area contributed by atoms with E-state index in [4.69, 9.17) is 5.11 Å². The van der Waals surface area contributed by atoms with Crippen molar-refractivity contribution in [3.8, 4) is 0 Å². The van der Waals surface area contributed by atoms with E-state index >= 15 is 0 Å². The molecule has 2 aromatic rings. The average Bonchev–Trinajstić information content (AvgIpc) is 2.41. The van der Waals surface area contributed by atoms with Crippen molar-refractivity contribution < 1.29 is 19.1 Å². The van der Waals surface area contributed by atoms with E-state index in [1.54, 1.807) is 0 Å². The lowest BCUT2D eigenvalue weighted by Crippen LogP contribution is -2.15. The summed E-state index contributed by atoms with van der Waals surface area (Å²) in [6.07, 6.45) is 1.36. The highest BCUT2D eigenvalue weighted by Gasteiger charge is 2.08. The number of hydrogen-bond acceptors (Lipinski definition) is 3. The number of rotatable bonds is 4. The molecule has 0 saturated heterocycles. The molecule has 0 saturated carbocycles. The zero-order valence-corrected chi connectivity index (χ0v) is 10.3. The van der Waals surface area contributed by atoms with Gasteiger partial charge in [-0.25, -0.2) is 14.2 Å². The van der Waals surface area contributed by atoms with Gasteiger partial charge in [0.2, 0.25) is 5.91 Å². The number of carbonyl (C=O) groups is 2. The largest absolute Gasteiger partial charge is 0.478 e. The minimum absolute atomic E-state index is 0.0390. The number of carboxylic acids is 1. The van der Waals surface area contributed by atoms with Gasteiger partial charge in [0.15, 0.2) is 0 Å². The minimum Gasteiger partial charge on any atom is -0.478 e. The highest BCUT2D eigenvalue weighted by Crippen LogP contribution is 2.09. The van der Waals surface area contributed by atoms with Gasteiger partial charge in [0.25, 0.3) is 0 Å². The van der Waals surface area contributed by atoms with E-state index in [2.05, 4.69) is 10.3 Å². The molecule has 6 heteroatoms. The second kappa shape index (κ2) is 5.92. The standard InChI is InChI=1S/C14H11FN2O3/c15-11-3-1-9(2-4-11)7-13(18)17-12-8-10(14(19)20)5-6-16-12/h1-6,8H,7H2,(H,19,20)(H,16,17,18). The first kappa shape index (κ1) is 13.7. The lowest BCUT2D eigenvalue weighted by atomic mass is 10.1. The third-order valence-electron chi connectivity index (χ3n) is 2.55. The zero-order chi connectivity index (χ0) is 14.5. The van der Waals surface area contributed by atoms with Crippen molar-refractivity contribution in [3.63, 3.8) is 0 Å². The van der Waals surface area contributed by atoms with Crippen LogP contribution < -0.4 is 5.32 Å². The van der Waals surface area contributed by atoms with E-state index in [-0.39, 0.29) is 29.5 Å². The number of carboxylic acid groups (broad SMARTS) is 1. The number of nitrogens with zero attached hydrogens (tertiary/aromatic N) is 1. The number of benzene rings is 1. The van der Waals surface area contributed by atoms with E-state index in [9.17, 15) is 14.0 Å². The number of halogens is 1. The Kier molecular flexibility index (Phi) is 4.05. The van der Waals surface area contributed by atoms with Crippen LogP contribution in [0.5, 0.6) is 0 Å². The highest BCUT2D eigenvalue weighted by atomic mass is 19.1. The van der Waals surface area contributed by atoms with Crippen molar-refractivity contribution in [1.82, 2.24) is 4.98 Å². The van der Waals surface area contributed by atoms with Crippen LogP contribution in [-0.4, -0.2) is 22.0 Å². The maximum Gasteiger partial charge on any atom is 0.335 e. The molecule has 0 spiro atoms. The molecule has 0 aliphatic heterocycles. The molecule has 0 radical (unpaired) electrons. The van der Waals surface area contributed by atoms with Gasteiger partial charge in [0.05, 0.1) is 12.0 Å². The molecular weight excluding hydrogens is 263 g/mol. The normalized spacial score (nSPS) is 10.1. The fourth-order valence-electron chi connectivity index (χ4n) is 1.61. The van der Waals surface area contributed by atoms with E-state index < -0.39 is 5.97 Å². The van der Waals surface area contributed by atoms with E-state index in [0.717, 1.165) is 0 Å². The lowest BCUT2D eigenvalue weighted by molar-refractivity contribution is -0.115. The molecule has 2 rings (SSSR count). The van der Waals surface area contributed by atoms with Crippen LogP contribution >= 0.6 is 0 Å². The summed E-state index contributed by atoms with van der Waals surface area (Å²) in [5, 5.41) is 11.3. The molecule has 1 heterocycles. The van der Waals surface area contributed by atoms with Crippen molar-refractivity contribution in [2.24, 2.45) is 0 Å². The van der Waals surface area contributed by atoms with Crippen molar-refractivity contribution in [2.45, 2.75) is 6.42 Å². The summed E-state index contributed by atoms with van der Waals surface area (Å²) < 4.78 is 12.7. The van der Waals surface area contributed by atoms with Gasteiger partial charge in [-0.15, -0.1) is 0 Å². The Morgan fingerprint density at radius 3 is 2.55 bits per heavy atom. The molecule has 102 valence electrons. The first-order valence-corrected chi connectivity index (χ1v) is 5.78. The fraction of sp³-hybridized carbons (Fsp3) is 0.0714. The molecule has 0 bridgehead atoms. The third-order valence-corrected chi connectivity index (χ3v) is 2.55. The van der Waals surface area contributed by atoms with Crippen LogP contribution in [0.15, 0.2) is 42.6 Å². The van der Waals surface area contributed by atoms with Crippen LogP contribution in [0, 0.1) is 5.82 Å². The average molecular weight is 274 g/mol. The summed E-state index contributed by atoms with van der Waals surface area (Å²) >= 11 is 0. The van der Waals surface area contributed by atoms with Crippen molar-refractivity contribution in [3.05, 3.63) is 59.5 Å². The van der Waals surface area contributed by atoms with Gasteiger partial charge in [0.1, 0.15) is 11.6 Å². The van der Waals surface area contributed by atoms with Crippen molar-refractivity contribution in [1.29, 1.82) is 0 Å². The number of aromatic nitrogens is 1. The van der Waals surface area contributed by atoms with Gasteiger partial charge in [-0.05, 0) is 29.8 Å². The highest BCUT2D eigenvalue weighted by molar-refractivity contribution is 5.93. The Morgan fingerprint density at radius 1 is 1.20 bits per heavy atom. The van der Waals surface area contributed by atoms with Gasteiger partial charge < -0.3 is 10.4 Å². The molecule has 20 heavy (non-hydrogen) atoms. The lowest BCUT2D eigenvalue weighted by Gasteiger charge is -2.05. The summed E-state index contributed by atoms with van der Waals surface area (Å²) in [5.41, 5.74) is 0.690. The molecule has 1 aromatic carbocycles. The Bertz CT molecular complexity index is 641. The second-order valence-corrected chi connectivity index (χ2v) is 4.09. The predicted molar refractivity (Wildman–Crippen MR) is 69.9 cm³/mol. The number of amides is 1. The van der Waals surface area contributed by atoms with Gasteiger partial charge in [-0.2, -0.15) is 0 Å². The van der Waals surface area contributed by atoms with E-state index in [1.165, 1.54) is 42.6 Å². The number of anilines is 1. The first-order chi connectivity index (χ1) is 9.54. The zero-order valence-electron chi connectivity index (χ0n) is 10.3. The monoisotopic (exact) mass is 274 g/mol. The SMILES string of the molecule is O=C(Cc1ccc(F)cc1)Nc1cc(C(=O)O)ccn1. The number of aromatic carboxylic acids is 1. The van der Waals surface area contributed by atoms with Crippen LogP contribution in [0.3, 0.4) is 0 Å². The van der Waals surface area contributed by atoms with Gasteiger partial charge in [0, 0.05) is 6.20 Å². The third kappa shape index (κ3) is 3.61. The molecule has 1 amide bonds. The summed E-state index contributed by atoms with van der Waals surface area (Å²) in [6.45, 7) is 0. The predicted octanol–water partition coefficient (Wildman–Crippen LogP) is 2.10. The summed E-state index contributed by atoms with van der Waals surface area (Å²) in [6, 6.07) is 8.16. The van der Waals surface area contributed by atoms with Crippen LogP contribution in [0.2, 0.25) is 0 Å². The van der Waals surface area contributed by atoms with E-state index in [0.29, 0.717) is 5.56 Å². The molecule has 0 atom stereocenters. The summed E-state index contributed by atoms with van der Waals surface area (Å²) in [7, 11) is 0. The minimum atomic E-state index is -1.10. The van der Waals surface area contributed by atoms with E-state index in [1.807, 2.05) is 0 Å². The molecule has 0 aliphatic carbocycles. The fourth-order valence-corrected chi connectivity index (χ4v) is 1.61. The number of carbonyl (C=O) groups excluding carboxylic acids is 1. The Hall–Kier alpha value is -2.76. The molecule has 0 unspecified atom stereocenters. The molecule has 0 fully saturated rings. The smallest absolute Gasteiger partial charge is 0.335 e. The number of pyridine rings is 1. The first-order valence-electron chi connectivity index (χ1n) is 5.78. The summed E-state index contributed by atoms with van der Waals surface area (Å²) in [4.78, 5) is 26.4. The Labute approximate surface area is 114 Å². The Balaban J connectivity index is 2.02. The number of hydrogen-bond donors (Lipinski definition) is 2. The maximum absolute atomic E-state index is 12.7. The second-order valence-electron chi connectivity index (χ2n) is 4.09. The van der Waals surface area contributed by atoms with Gasteiger partial charge in [-0.1, -0.05) is 12.1 Å². The van der Waals surface area contributed by atoms with Gasteiger partial charge in [-0.3, -0.25) is 4.79 Å². The van der Waals surface area contributed by atoms with Crippen LogP contribution in [0.4, 0.5) is 10.2 Å². The topological polar surface area (TPSA) is 79.3 Å². The van der Waals surface area contributed by atoms with Crippen LogP contribution in [-0.2, 0) is 11.2 Å². The molecule has 0 aliphatic rings. The van der Waals surface area contributed by atoms with Crippen LogP contribution in [0.25, 0.3) is 0 Å². The Morgan fingerprint density at radius 2 is 1.90 bits per heavy atom. The van der Waals surface area contributed by atoms with Gasteiger partial charge >= 0.3 is 5.97 Å². The van der Waals surface area contributed by atoms with Crippen molar-refractivity contribution in [2.75, 3.05) is 5.32 Å². The summed E-state index contributed by atoms with van der Waals surface area (Å²) in [5.74, 6) is -1.66. The van der Waals surface area contributed by atoms with Crippen molar-refractivity contribution >= 4 is 17.7 Å². The molecular formula is C14H11FN2O3. The molecule has 2 N–H and O–H groups in total. The maximum atomic E-state index is 12.7.